The molecule has 19 heavy (non-hydrogen) atoms. The molecule has 1 aliphatic heterocycles. The van der Waals surface area contributed by atoms with Crippen LogP contribution in [0, 0.1) is 0 Å². The lowest BCUT2D eigenvalue weighted by Gasteiger charge is -2.26. The van der Waals surface area contributed by atoms with E-state index < -0.39 is 0 Å². The Kier molecular flexibility index (Phi) is 4.70. The van der Waals surface area contributed by atoms with Crippen molar-refractivity contribution in [3.63, 3.8) is 0 Å². The molecule has 106 valence electrons. The molecule has 1 saturated heterocycles. The first-order valence-corrected chi connectivity index (χ1v) is 7.24. The molecule has 1 fully saturated rings. The van der Waals surface area contributed by atoms with Gasteiger partial charge in [0.1, 0.15) is 5.75 Å². The van der Waals surface area contributed by atoms with Crippen LogP contribution in [-0.2, 0) is 0 Å². The number of rotatable bonds is 5. The monoisotopic (exact) mass is 262 g/mol. The smallest absolute Gasteiger partial charge is 0.142 e. The van der Waals surface area contributed by atoms with Crippen molar-refractivity contribution in [1.82, 2.24) is 5.32 Å². The Morgan fingerprint density at radius 1 is 1.42 bits per heavy atom. The van der Waals surface area contributed by atoms with Crippen LogP contribution in [0.5, 0.6) is 5.75 Å². The normalized spacial score (nSPS) is 18.9. The van der Waals surface area contributed by atoms with Crippen LogP contribution in [0.15, 0.2) is 18.2 Å². The largest absolute Gasteiger partial charge is 0.495 e. The van der Waals surface area contributed by atoms with Crippen LogP contribution in [0.3, 0.4) is 0 Å². The Labute approximate surface area is 116 Å². The van der Waals surface area contributed by atoms with Gasteiger partial charge < -0.3 is 15.0 Å². The van der Waals surface area contributed by atoms with Gasteiger partial charge in [0.15, 0.2) is 0 Å². The molecule has 0 aromatic heterocycles. The maximum absolute atomic E-state index is 5.50. The zero-order valence-electron chi connectivity index (χ0n) is 12.6. The van der Waals surface area contributed by atoms with E-state index in [4.69, 9.17) is 4.74 Å². The Morgan fingerprint density at radius 2 is 2.21 bits per heavy atom. The third-order valence-electron chi connectivity index (χ3n) is 3.94. The lowest BCUT2D eigenvalue weighted by atomic mass is 10.0. The molecule has 1 aromatic carbocycles. The number of nitrogens with zero attached hydrogens (tertiary/aromatic N) is 1. The summed E-state index contributed by atoms with van der Waals surface area (Å²) in [7, 11) is 3.90. The molecule has 0 amide bonds. The van der Waals surface area contributed by atoms with E-state index in [0.717, 1.165) is 18.8 Å². The fraction of sp³-hybridized carbons (Fsp3) is 0.625. The van der Waals surface area contributed by atoms with Crippen LogP contribution in [0.25, 0.3) is 0 Å². The number of anilines is 1. The Morgan fingerprint density at radius 3 is 2.79 bits per heavy atom. The first kappa shape index (κ1) is 14.2. The van der Waals surface area contributed by atoms with Gasteiger partial charge >= 0.3 is 0 Å². The Balaban J connectivity index is 2.17. The fourth-order valence-corrected chi connectivity index (χ4v) is 2.71. The lowest BCUT2D eigenvalue weighted by Crippen LogP contribution is -2.35. The number of hydrogen-bond donors (Lipinski definition) is 1. The van der Waals surface area contributed by atoms with Crippen molar-refractivity contribution in [2.45, 2.75) is 38.6 Å². The molecule has 1 aromatic rings. The van der Waals surface area contributed by atoms with E-state index in [2.05, 4.69) is 49.3 Å². The Hall–Kier alpha value is -1.22. The summed E-state index contributed by atoms with van der Waals surface area (Å²) in [5, 5.41) is 3.55. The standard InChI is InChI=1S/C16H26N2O/c1-12(2)13-7-8-16(19-4)15(10-13)18(3)11-14-6-5-9-17-14/h7-8,10,12,14,17H,5-6,9,11H2,1-4H3. The highest BCUT2D eigenvalue weighted by molar-refractivity contribution is 5.60. The van der Waals surface area contributed by atoms with Gasteiger partial charge in [0.05, 0.1) is 12.8 Å². The SMILES string of the molecule is COc1ccc(C(C)C)cc1N(C)CC1CCCN1. The average molecular weight is 262 g/mol. The first-order valence-electron chi connectivity index (χ1n) is 7.24. The second kappa shape index (κ2) is 6.29. The first-order chi connectivity index (χ1) is 9.11. The fourth-order valence-electron chi connectivity index (χ4n) is 2.71. The molecule has 2 rings (SSSR count). The Bertz CT molecular complexity index is 411. The van der Waals surface area contributed by atoms with Crippen LogP contribution in [0.4, 0.5) is 5.69 Å². The van der Waals surface area contributed by atoms with Crippen molar-refractivity contribution in [3.05, 3.63) is 23.8 Å². The minimum Gasteiger partial charge on any atom is -0.495 e. The molecule has 3 heteroatoms. The number of benzene rings is 1. The quantitative estimate of drug-likeness (QED) is 0.883. The van der Waals surface area contributed by atoms with Gasteiger partial charge in [-0.3, -0.25) is 0 Å². The van der Waals surface area contributed by atoms with Crippen molar-refractivity contribution in [2.75, 3.05) is 32.1 Å². The minimum atomic E-state index is 0.544. The van der Waals surface area contributed by atoms with E-state index in [-0.39, 0.29) is 0 Å². The summed E-state index contributed by atoms with van der Waals surface area (Å²) in [6.45, 7) is 6.65. The van der Waals surface area contributed by atoms with Gasteiger partial charge in [-0.1, -0.05) is 19.9 Å². The summed E-state index contributed by atoms with van der Waals surface area (Å²) in [5.74, 6) is 1.51. The van der Waals surface area contributed by atoms with E-state index >= 15 is 0 Å². The minimum absolute atomic E-state index is 0.544. The van der Waals surface area contributed by atoms with Gasteiger partial charge in [-0.15, -0.1) is 0 Å². The molecule has 0 radical (unpaired) electrons. The highest BCUT2D eigenvalue weighted by atomic mass is 16.5. The maximum atomic E-state index is 5.50. The summed E-state index contributed by atoms with van der Waals surface area (Å²) in [5.41, 5.74) is 2.56. The van der Waals surface area contributed by atoms with E-state index in [0.29, 0.717) is 12.0 Å². The van der Waals surface area contributed by atoms with Gasteiger partial charge in [-0.05, 0) is 43.0 Å². The van der Waals surface area contributed by atoms with Crippen molar-refractivity contribution < 1.29 is 4.74 Å². The third kappa shape index (κ3) is 3.41. The summed E-state index contributed by atoms with van der Waals surface area (Å²) in [6.07, 6.45) is 2.57. The highest BCUT2D eigenvalue weighted by Gasteiger charge is 2.18. The van der Waals surface area contributed by atoms with Gasteiger partial charge in [0.2, 0.25) is 0 Å². The summed E-state index contributed by atoms with van der Waals surface area (Å²) < 4.78 is 5.50. The van der Waals surface area contributed by atoms with Crippen molar-refractivity contribution in [2.24, 2.45) is 0 Å². The summed E-state index contributed by atoms with van der Waals surface area (Å²) in [6, 6.07) is 7.12. The molecule has 1 atom stereocenters. The molecule has 0 bridgehead atoms. The van der Waals surface area contributed by atoms with Crippen LogP contribution in [0.1, 0.15) is 38.2 Å². The van der Waals surface area contributed by atoms with Crippen molar-refractivity contribution in [3.8, 4) is 5.75 Å². The number of nitrogens with one attached hydrogen (secondary N) is 1. The number of hydrogen-bond acceptors (Lipinski definition) is 3. The molecular weight excluding hydrogens is 236 g/mol. The topological polar surface area (TPSA) is 24.5 Å². The molecule has 0 aliphatic carbocycles. The predicted molar refractivity (Wildman–Crippen MR) is 81.4 cm³/mol. The summed E-state index contributed by atoms with van der Waals surface area (Å²) >= 11 is 0. The van der Waals surface area contributed by atoms with Crippen LogP contribution >= 0.6 is 0 Å². The molecule has 0 saturated carbocycles. The average Bonchev–Trinajstić information content (AvgIpc) is 2.90. The van der Waals surface area contributed by atoms with Crippen LogP contribution in [-0.4, -0.2) is 33.3 Å². The van der Waals surface area contributed by atoms with Gasteiger partial charge in [0.25, 0.3) is 0 Å². The van der Waals surface area contributed by atoms with Crippen LogP contribution < -0.4 is 15.0 Å². The van der Waals surface area contributed by atoms with Crippen LogP contribution in [0.2, 0.25) is 0 Å². The highest BCUT2D eigenvalue weighted by Crippen LogP contribution is 2.31. The molecule has 1 aliphatic rings. The molecule has 0 spiro atoms. The second-order valence-corrected chi connectivity index (χ2v) is 5.76. The second-order valence-electron chi connectivity index (χ2n) is 5.76. The molecule has 1 heterocycles. The van der Waals surface area contributed by atoms with E-state index in [9.17, 15) is 0 Å². The van der Waals surface area contributed by atoms with E-state index in [1.165, 1.54) is 24.1 Å². The number of methoxy groups -OCH3 is 1. The summed E-state index contributed by atoms with van der Waals surface area (Å²) in [4.78, 5) is 2.31. The van der Waals surface area contributed by atoms with E-state index in [1.54, 1.807) is 7.11 Å². The van der Waals surface area contributed by atoms with E-state index in [1.807, 2.05) is 0 Å². The zero-order valence-corrected chi connectivity index (χ0v) is 12.6. The van der Waals surface area contributed by atoms with Gasteiger partial charge in [0, 0.05) is 19.6 Å². The lowest BCUT2D eigenvalue weighted by molar-refractivity contribution is 0.414. The number of ether oxygens (including phenoxy) is 1. The third-order valence-corrected chi connectivity index (χ3v) is 3.94. The van der Waals surface area contributed by atoms with Crippen molar-refractivity contribution in [1.29, 1.82) is 0 Å². The molecule has 1 unspecified atom stereocenters. The molecule has 3 nitrogen and oxygen atoms in total. The van der Waals surface area contributed by atoms with Crippen molar-refractivity contribution >= 4 is 5.69 Å². The zero-order chi connectivity index (χ0) is 13.8. The molecule has 1 N–H and O–H groups in total. The maximum Gasteiger partial charge on any atom is 0.142 e. The number of likely N-dealkylation sites (N-methyl/N-ethyl adjacent to an activating group) is 1. The predicted octanol–water partition coefficient (Wildman–Crippen LogP) is 3.01. The van der Waals surface area contributed by atoms with Gasteiger partial charge in [-0.25, -0.2) is 0 Å². The molecular formula is C16H26N2O. The van der Waals surface area contributed by atoms with Gasteiger partial charge in [-0.2, -0.15) is 0 Å².